The molecule has 17 aromatic carbocycles. The number of hydrogen-bond acceptors (Lipinski definition) is 10. The summed E-state index contributed by atoms with van der Waals surface area (Å²) in [6.45, 7) is 0. The molecule has 12 nitrogen and oxygen atoms in total. The van der Waals surface area contributed by atoms with Crippen LogP contribution in [0.25, 0.3) is 202 Å². The first kappa shape index (κ1) is 71.6. The number of hydrogen-bond donors (Lipinski definition) is 0. The van der Waals surface area contributed by atoms with Crippen LogP contribution in [0.5, 0.6) is 0 Å². The molecule has 0 atom stereocenters. The van der Waals surface area contributed by atoms with Crippen LogP contribution in [0.3, 0.4) is 0 Å². The Hall–Kier alpha value is -16.7. The van der Waals surface area contributed by atoms with E-state index in [-0.39, 0.29) is 0 Å². The second-order valence-corrected chi connectivity index (χ2v) is 30.8. The monoisotopic (exact) mass is 1570 g/mol. The van der Waals surface area contributed by atoms with Gasteiger partial charge in [0.1, 0.15) is 34.0 Å². The van der Waals surface area contributed by atoms with Gasteiger partial charge in [0.05, 0.1) is 27.5 Å². The Morgan fingerprint density at radius 3 is 1.02 bits per heavy atom. The zero-order chi connectivity index (χ0) is 81.3. The number of imidazole rings is 2. The van der Waals surface area contributed by atoms with Gasteiger partial charge in [0.25, 0.3) is 0 Å². The zero-order valence-electron chi connectivity index (χ0n) is 66.2. The molecule has 12 heteroatoms. The van der Waals surface area contributed by atoms with Crippen molar-refractivity contribution in [3.8, 4) is 136 Å². The van der Waals surface area contributed by atoms with Crippen LogP contribution in [0.4, 0.5) is 0 Å². The average molecular weight is 1580 g/mol. The summed E-state index contributed by atoms with van der Waals surface area (Å²) < 4.78 is 17.8. The van der Waals surface area contributed by atoms with Crippen LogP contribution in [-0.4, -0.2) is 49.0 Å². The van der Waals surface area contributed by atoms with Crippen molar-refractivity contribution in [3.05, 3.63) is 447 Å². The van der Waals surface area contributed by atoms with Crippen LogP contribution in [-0.2, 0) is 5.41 Å². The summed E-state index contributed by atoms with van der Waals surface area (Å²) in [5.74, 6) is 5.21. The topological polar surface area (TPSA) is 139 Å². The Morgan fingerprint density at radius 1 is 0.211 bits per heavy atom. The molecule has 576 valence electrons. The molecule has 123 heavy (non-hydrogen) atoms. The number of nitrogens with zero attached hydrogens (tertiary/aromatic N) is 10. The fraction of sp³-hybridized carbons (Fsp3) is 0.00901. The van der Waals surface area contributed by atoms with E-state index >= 15 is 0 Å². The van der Waals surface area contributed by atoms with E-state index in [2.05, 4.69) is 325 Å². The summed E-state index contributed by atoms with van der Waals surface area (Å²) in [4.78, 5) is 41.8. The molecule has 0 spiro atoms. The maximum Gasteiger partial charge on any atom is 0.164 e. The summed E-state index contributed by atoms with van der Waals surface area (Å²) >= 11 is 0. The van der Waals surface area contributed by atoms with Gasteiger partial charge in [-0.1, -0.05) is 322 Å². The van der Waals surface area contributed by atoms with Crippen molar-refractivity contribution >= 4 is 65.9 Å². The average Bonchev–Trinajstić information content (AvgIpc) is 1.53. The number of rotatable bonds is 14. The predicted molar refractivity (Wildman–Crippen MR) is 495 cm³/mol. The third-order valence-electron chi connectivity index (χ3n) is 23.6. The van der Waals surface area contributed by atoms with Gasteiger partial charge in [-0.15, -0.1) is 0 Å². The molecule has 0 radical (unpaired) electrons. The maximum atomic E-state index is 6.72. The van der Waals surface area contributed by atoms with Gasteiger partial charge in [-0.2, -0.15) is 0 Å². The molecule has 0 N–H and O–H groups in total. The van der Waals surface area contributed by atoms with Crippen molar-refractivity contribution in [2.24, 2.45) is 0 Å². The zero-order valence-corrected chi connectivity index (χ0v) is 66.2. The Bertz CT molecular complexity index is 7880. The van der Waals surface area contributed by atoms with Crippen molar-refractivity contribution in [2.45, 2.75) is 5.41 Å². The smallest absolute Gasteiger partial charge is 0.164 e. The van der Waals surface area contributed by atoms with E-state index in [1.54, 1.807) is 0 Å². The largest absolute Gasteiger partial charge is 0.456 e. The van der Waals surface area contributed by atoms with Gasteiger partial charge in [0.15, 0.2) is 34.9 Å². The second kappa shape index (κ2) is 30.0. The SMILES string of the molecule is c1ccc(-c2cc(-c3ccccc3)cc(-c3nc(-c4ccccc4)nc(-c4cccc5oc6cc(-c7nc8ccccc8n7-c7ccccc7)ccc6c45)n3)c2)cc1.c1ccc(-c2nc(-c3cccc4c3-c3ccccc3C4(c3ccccc3)c3ccccc3)nc(-c3cccc4oc5cc(-c6nc7ccccc7n6-c6ccccc6)ccc5c34)n2)cc1. The summed E-state index contributed by atoms with van der Waals surface area (Å²) in [5.41, 5.74) is 27.3. The first-order chi connectivity index (χ1) is 61.0. The van der Waals surface area contributed by atoms with Crippen LogP contribution >= 0.6 is 0 Å². The van der Waals surface area contributed by atoms with Gasteiger partial charge in [0.2, 0.25) is 0 Å². The minimum Gasteiger partial charge on any atom is -0.456 e. The Labute approximate surface area is 707 Å². The molecule has 0 bridgehead atoms. The third-order valence-corrected chi connectivity index (χ3v) is 23.6. The van der Waals surface area contributed by atoms with E-state index in [1.165, 1.54) is 22.3 Å². The number of fused-ring (bicyclic) bond motifs is 11. The molecule has 1 aliphatic rings. The molecular weight excluding hydrogens is 1510 g/mol. The van der Waals surface area contributed by atoms with Gasteiger partial charge in [-0.05, 0) is 159 Å². The highest BCUT2D eigenvalue weighted by Gasteiger charge is 2.47. The fourth-order valence-corrected chi connectivity index (χ4v) is 18.1. The van der Waals surface area contributed by atoms with Crippen molar-refractivity contribution in [1.29, 1.82) is 0 Å². The normalized spacial score (nSPS) is 12.1. The number of para-hydroxylation sites is 6. The Kier molecular flexibility index (Phi) is 17.5. The molecule has 0 saturated heterocycles. The maximum absolute atomic E-state index is 6.72. The highest BCUT2D eigenvalue weighted by atomic mass is 16.3. The predicted octanol–water partition coefficient (Wildman–Crippen LogP) is 27.3. The van der Waals surface area contributed by atoms with Crippen LogP contribution in [0.1, 0.15) is 22.3 Å². The Balaban J connectivity index is 0.000000143. The van der Waals surface area contributed by atoms with E-state index in [0.29, 0.717) is 34.9 Å². The molecule has 1 aliphatic carbocycles. The lowest BCUT2D eigenvalue weighted by atomic mass is 9.67. The van der Waals surface area contributed by atoms with Crippen molar-refractivity contribution in [2.75, 3.05) is 0 Å². The van der Waals surface area contributed by atoms with Crippen LogP contribution in [0.2, 0.25) is 0 Å². The first-order valence-corrected chi connectivity index (χ1v) is 41.2. The second-order valence-electron chi connectivity index (χ2n) is 30.8. The minimum absolute atomic E-state index is 0.562. The van der Waals surface area contributed by atoms with E-state index in [9.17, 15) is 0 Å². The van der Waals surface area contributed by atoms with Gasteiger partial charge < -0.3 is 8.83 Å². The lowest BCUT2D eigenvalue weighted by Crippen LogP contribution is -2.28. The first-order valence-electron chi connectivity index (χ1n) is 41.2. The van der Waals surface area contributed by atoms with E-state index in [1.807, 2.05) is 109 Å². The molecule has 0 aliphatic heterocycles. The van der Waals surface area contributed by atoms with E-state index in [4.69, 9.17) is 48.7 Å². The van der Waals surface area contributed by atoms with Gasteiger partial charge >= 0.3 is 0 Å². The fourth-order valence-electron chi connectivity index (χ4n) is 18.1. The van der Waals surface area contributed by atoms with Crippen molar-refractivity contribution < 1.29 is 8.83 Å². The molecule has 6 aromatic heterocycles. The van der Waals surface area contributed by atoms with E-state index < -0.39 is 5.41 Å². The minimum atomic E-state index is -0.562. The molecule has 6 heterocycles. The molecule has 0 saturated carbocycles. The molecular formula is C111H70N10O2. The van der Waals surface area contributed by atoms with Gasteiger partial charge in [0, 0.05) is 77.4 Å². The van der Waals surface area contributed by atoms with Crippen LogP contribution in [0.15, 0.2) is 433 Å². The standard InChI is InChI=1S/C59H37N5O.C52H33N5O/c1-5-19-38(20-6-1)55-61-56(45-28-17-31-48-53(45)43-27-13-14-30-47(43)59(48,40-21-7-2-8-22-40)41-23-9-3-10-24-41)63-57(62-55)46-29-18-34-51-54(46)44-36-35-39(37-52(44)65-51)58-60-49-32-15-16-33-50(49)64(58)42-25-11-4-12-26-42;1-5-16-34(17-6-1)38-30-39(35-18-7-2-8-19-35)32-40(31-38)50-54-49(36-20-9-3-10-21-36)55-51(56-50)43-24-15-27-46-48(43)42-29-28-37(33-47(42)58-46)52-53-44-25-13-14-26-45(44)57(52)41-22-11-4-12-23-41/h1-37H;1-33H. The summed E-state index contributed by atoms with van der Waals surface area (Å²) in [7, 11) is 0. The highest BCUT2D eigenvalue weighted by Crippen LogP contribution is 2.58. The molecule has 23 aromatic rings. The summed E-state index contributed by atoms with van der Waals surface area (Å²) in [6.07, 6.45) is 0. The summed E-state index contributed by atoms with van der Waals surface area (Å²) in [6, 6.07) is 147. The molecule has 0 fully saturated rings. The van der Waals surface area contributed by atoms with Gasteiger partial charge in [-0.25, -0.2) is 39.9 Å². The lowest BCUT2D eigenvalue weighted by Gasteiger charge is -2.33. The molecule has 24 rings (SSSR count). The molecule has 0 amide bonds. The Morgan fingerprint density at radius 2 is 0.553 bits per heavy atom. The van der Waals surface area contributed by atoms with E-state index in [0.717, 1.165) is 167 Å². The number of furan rings is 2. The van der Waals surface area contributed by atoms with Crippen LogP contribution < -0.4 is 0 Å². The van der Waals surface area contributed by atoms with Crippen molar-refractivity contribution in [1.82, 2.24) is 49.0 Å². The van der Waals surface area contributed by atoms with Crippen LogP contribution in [0, 0.1) is 0 Å². The number of aromatic nitrogens is 10. The third kappa shape index (κ3) is 12.5. The quantitative estimate of drug-likeness (QED) is 0.103. The molecule has 0 unspecified atom stereocenters. The highest BCUT2D eigenvalue weighted by molar-refractivity contribution is 6.14. The summed E-state index contributed by atoms with van der Waals surface area (Å²) in [5, 5.41) is 3.82. The van der Waals surface area contributed by atoms with Crippen molar-refractivity contribution in [3.63, 3.8) is 0 Å². The number of benzene rings is 17. The lowest BCUT2D eigenvalue weighted by molar-refractivity contribution is 0.668. The van der Waals surface area contributed by atoms with Gasteiger partial charge in [-0.3, -0.25) is 9.13 Å².